The Morgan fingerprint density at radius 2 is 1.85 bits per heavy atom. The topological polar surface area (TPSA) is 82.4 Å². The van der Waals surface area contributed by atoms with Crippen molar-refractivity contribution in [2.24, 2.45) is 0 Å². The van der Waals surface area contributed by atoms with Gasteiger partial charge in [-0.1, -0.05) is 30.3 Å². The molecule has 1 N–H and O–H groups in total. The molecule has 1 atom stereocenters. The van der Waals surface area contributed by atoms with Gasteiger partial charge in [0.05, 0.1) is 25.3 Å². The first-order valence-electron chi connectivity index (χ1n) is 8.22. The second-order valence-corrected chi connectivity index (χ2v) is 6.45. The van der Waals surface area contributed by atoms with Crippen molar-refractivity contribution < 1.29 is 14.3 Å². The number of urea groups is 1. The summed E-state index contributed by atoms with van der Waals surface area (Å²) in [5.74, 6) is 0.402. The van der Waals surface area contributed by atoms with Gasteiger partial charge in [0.1, 0.15) is 11.3 Å². The number of rotatable bonds is 5. The maximum absolute atomic E-state index is 12.9. The lowest BCUT2D eigenvalue weighted by Gasteiger charge is -2.23. The molecule has 6 heteroatoms. The summed E-state index contributed by atoms with van der Waals surface area (Å²) >= 11 is 0. The number of hydrogen-bond donors (Lipinski definition) is 1. The number of carbonyl (C=O) groups is 2. The Kier molecular flexibility index (Phi) is 4.63. The minimum absolute atomic E-state index is 0.165. The summed E-state index contributed by atoms with van der Waals surface area (Å²) < 4.78 is 5.34. The molecule has 0 bridgehead atoms. The molecule has 26 heavy (non-hydrogen) atoms. The first kappa shape index (κ1) is 17.5. The Morgan fingerprint density at radius 1 is 1.15 bits per heavy atom. The van der Waals surface area contributed by atoms with Gasteiger partial charge in [-0.25, -0.2) is 4.79 Å². The number of amides is 3. The number of nitrogens with zero attached hydrogens (tertiary/aromatic N) is 2. The van der Waals surface area contributed by atoms with Crippen LogP contribution < -0.4 is 10.1 Å². The molecule has 132 valence electrons. The van der Waals surface area contributed by atoms with Gasteiger partial charge in [0.2, 0.25) is 0 Å². The van der Waals surface area contributed by atoms with Crippen LogP contribution in [0.1, 0.15) is 23.6 Å². The first-order chi connectivity index (χ1) is 12.5. The number of ether oxygens (including phenoxy) is 1. The fourth-order valence-electron chi connectivity index (χ4n) is 3.11. The maximum Gasteiger partial charge on any atom is 0.325 e. The van der Waals surface area contributed by atoms with Crippen LogP contribution in [0.2, 0.25) is 0 Å². The van der Waals surface area contributed by atoms with E-state index in [-0.39, 0.29) is 12.5 Å². The highest BCUT2D eigenvalue weighted by molar-refractivity contribution is 6.06. The Labute approximate surface area is 152 Å². The number of methoxy groups -OCH3 is 1. The van der Waals surface area contributed by atoms with Crippen LogP contribution in [0.25, 0.3) is 0 Å². The third kappa shape index (κ3) is 3.24. The molecule has 3 rings (SSSR count). The van der Waals surface area contributed by atoms with E-state index in [1.807, 2.05) is 30.3 Å². The van der Waals surface area contributed by atoms with E-state index < -0.39 is 11.6 Å². The highest BCUT2D eigenvalue weighted by atomic mass is 16.5. The SMILES string of the molecule is COc1ccccc1C[C@]1(C)NC(=O)N(Cc2ccc(C#N)cc2)C1=O. The van der Waals surface area contributed by atoms with Gasteiger partial charge in [0.25, 0.3) is 5.91 Å². The Morgan fingerprint density at radius 3 is 2.50 bits per heavy atom. The zero-order valence-electron chi connectivity index (χ0n) is 14.7. The lowest BCUT2D eigenvalue weighted by molar-refractivity contribution is -0.131. The van der Waals surface area contributed by atoms with Crippen LogP contribution in [-0.2, 0) is 17.8 Å². The molecule has 2 aromatic carbocycles. The van der Waals surface area contributed by atoms with E-state index in [9.17, 15) is 9.59 Å². The molecular weight excluding hydrogens is 330 g/mol. The number of nitriles is 1. The van der Waals surface area contributed by atoms with Crippen LogP contribution in [0, 0.1) is 11.3 Å². The molecule has 0 aromatic heterocycles. The minimum Gasteiger partial charge on any atom is -0.496 e. The average Bonchev–Trinajstić information content (AvgIpc) is 2.86. The summed E-state index contributed by atoms with van der Waals surface area (Å²) in [5, 5.41) is 11.7. The van der Waals surface area contributed by atoms with E-state index in [1.54, 1.807) is 38.3 Å². The second-order valence-electron chi connectivity index (χ2n) is 6.45. The maximum atomic E-state index is 12.9. The highest BCUT2D eigenvalue weighted by Gasteiger charge is 2.47. The van der Waals surface area contributed by atoms with E-state index >= 15 is 0 Å². The van der Waals surface area contributed by atoms with E-state index in [1.165, 1.54) is 4.90 Å². The van der Waals surface area contributed by atoms with Crippen molar-refractivity contribution in [3.63, 3.8) is 0 Å². The predicted octanol–water partition coefficient (Wildman–Crippen LogP) is 2.62. The smallest absolute Gasteiger partial charge is 0.325 e. The Hall–Kier alpha value is -3.33. The lowest BCUT2D eigenvalue weighted by atomic mass is 9.92. The highest BCUT2D eigenvalue weighted by Crippen LogP contribution is 2.28. The summed E-state index contributed by atoms with van der Waals surface area (Å²) in [5.41, 5.74) is 1.14. The molecule has 0 saturated carbocycles. The Bertz CT molecular complexity index is 886. The fraction of sp³-hybridized carbons (Fsp3) is 0.250. The molecule has 3 amide bonds. The average molecular weight is 349 g/mol. The van der Waals surface area contributed by atoms with Crippen molar-refractivity contribution >= 4 is 11.9 Å². The van der Waals surface area contributed by atoms with Gasteiger partial charge in [-0.15, -0.1) is 0 Å². The van der Waals surface area contributed by atoms with Crippen molar-refractivity contribution in [2.45, 2.75) is 25.4 Å². The molecule has 1 aliphatic rings. The van der Waals surface area contributed by atoms with E-state index in [0.717, 1.165) is 11.1 Å². The molecule has 1 saturated heterocycles. The zero-order valence-corrected chi connectivity index (χ0v) is 14.7. The van der Waals surface area contributed by atoms with Crippen LogP contribution in [0.4, 0.5) is 4.79 Å². The molecule has 0 radical (unpaired) electrons. The van der Waals surface area contributed by atoms with Gasteiger partial charge in [0.15, 0.2) is 0 Å². The van der Waals surface area contributed by atoms with Crippen molar-refractivity contribution in [3.8, 4) is 11.8 Å². The monoisotopic (exact) mass is 349 g/mol. The van der Waals surface area contributed by atoms with Crippen molar-refractivity contribution in [3.05, 3.63) is 65.2 Å². The molecular formula is C20H19N3O3. The standard InChI is InChI=1S/C20H19N3O3/c1-20(11-16-5-3-4-6-17(16)26-2)18(24)23(19(25)22-20)13-15-9-7-14(12-21)8-10-15/h3-10H,11,13H2,1-2H3,(H,22,25)/t20-/m0/s1. The van der Waals surface area contributed by atoms with Gasteiger partial charge < -0.3 is 10.1 Å². The van der Waals surface area contributed by atoms with Gasteiger partial charge in [-0.3, -0.25) is 9.69 Å². The van der Waals surface area contributed by atoms with Gasteiger partial charge in [0, 0.05) is 6.42 Å². The third-order valence-corrected chi connectivity index (χ3v) is 4.51. The third-order valence-electron chi connectivity index (χ3n) is 4.51. The van der Waals surface area contributed by atoms with Gasteiger partial charge in [-0.05, 0) is 36.2 Å². The summed E-state index contributed by atoms with van der Waals surface area (Å²) in [6, 6.07) is 15.9. The lowest BCUT2D eigenvalue weighted by Crippen LogP contribution is -2.46. The number of para-hydroxylation sites is 1. The quantitative estimate of drug-likeness (QED) is 0.841. The first-order valence-corrected chi connectivity index (χ1v) is 8.22. The number of hydrogen-bond acceptors (Lipinski definition) is 4. The van der Waals surface area contributed by atoms with E-state index in [0.29, 0.717) is 17.7 Å². The summed E-state index contributed by atoms with van der Waals surface area (Å²) in [6.45, 7) is 1.89. The summed E-state index contributed by atoms with van der Waals surface area (Å²) in [6.07, 6.45) is 0.339. The van der Waals surface area contributed by atoms with Crippen LogP contribution in [0.5, 0.6) is 5.75 Å². The summed E-state index contributed by atoms with van der Waals surface area (Å²) in [7, 11) is 1.58. The molecule has 2 aromatic rings. The van der Waals surface area contributed by atoms with Gasteiger partial charge in [-0.2, -0.15) is 5.26 Å². The predicted molar refractivity (Wildman–Crippen MR) is 95.3 cm³/mol. The summed E-state index contributed by atoms with van der Waals surface area (Å²) in [4.78, 5) is 26.5. The molecule has 1 fully saturated rings. The fourth-order valence-corrected chi connectivity index (χ4v) is 3.11. The number of imide groups is 1. The normalized spacial score (nSPS) is 19.2. The Balaban J connectivity index is 1.80. The number of carbonyl (C=O) groups excluding carboxylic acids is 2. The van der Waals surface area contributed by atoms with Gasteiger partial charge >= 0.3 is 6.03 Å². The van der Waals surface area contributed by atoms with Crippen molar-refractivity contribution in [1.82, 2.24) is 10.2 Å². The largest absolute Gasteiger partial charge is 0.496 e. The van der Waals surface area contributed by atoms with Crippen molar-refractivity contribution in [2.75, 3.05) is 7.11 Å². The van der Waals surface area contributed by atoms with Crippen LogP contribution >= 0.6 is 0 Å². The van der Waals surface area contributed by atoms with E-state index in [2.05, 4.69) is 5.32 Å². The zero-order chi connectivity index (χ0) is 18.7. The second kappa shape index (κ2) is 6.89. The number of nitrogens with one attached hydrogen (secondary N) is 1. The van der Waals surface area contributed by atoms with Crippen LogP contribution in [0.15, 0.2) is 48.5 Å². The molecule has 0 aliphatic carbocycles. The molecule has 1 heterocycles. The van der Waals surface area contributed by atoms with Crippen molar-refractivity contribution in [1.29, 1.82) is 5.26 Å². The molecule has 1 aliphatic heterocycles. The molecule has 6 nitrogen and oxygen atoms in total. The van der Waals surface area contributed by atoms with E-state index in [4.69, 9.17) is 10.00 Å². The molecule has 0 spiro atoms. The minimum atomic E-state index is -1.03. The van der Waals surface area contributed by atoms with Crippen LogP contribution in [-0.4, -0.2) is 29.5 Å². The van der Waals surface area contributed by atoms with Crippen LogP contribution in [0.3, 0.4) is 0 Å². The molecule has 0 unspecified atom stereocenters. The number of benzene rings is 2.